The van der Waals surface area contributed by atoms with Crippen molar-refractivity contribution in [2.45, 2.75) is 53.4 Å². The number of allylic oxidation sites excluding steroid dienone is 4. The van der Waals surface area contributed by atoms with Crippen molar-refractivity contribution in [2.75, 3.05) is 26.2 Å². The molecule has 36 heavy (non-hydrogen) atoms. The quantitative estimate of drug-likeness (QED) is 0.354. The lowest BCUT2D eigenvalue weighted by Crippen LogP contribution is -2.31. The van der Waals surface area contributed by atoms with Gasteiger partial charge in [0.25, 0.3) is 0 Å². The zero-order valence-corrected chi connectivity index (χ0v) is 22.3. The third-order valence-corrected chi connectivity index (χ3v) is 6.43. The minimum Gasteiger partial charge on any atom is -0.316 e. The van der Waals surface area contributed by atoms with E-state index in [1.807, 2.05) is 39.1 Å². The van der Waals surface area contributed by atoms with E-state index in [1.54, 1.807) is 0 Å². The van der Waals surface area contributed by atoms with E-state index in [9.17, 15) is 0 Å². The van der Waals surface area contributed by atoms with E-state index in [4.69, 9.17) is 15.4 Å². The van der Waals surface area contributed by atoms with Crippen molar-refractivity contribution < 1.29 is 0 Å². The van der Waals surface area contributed by atoms with E-state index in [-0.39, 0.29) is 0 Å². The molecule has 0 saturated carbocycles. The Morgan fingerprint density at radius 1 is 1.17 bits per heavy atom. The first-order chi connectivity index (χ1) is 17.6. The first-order valence-electron chi connectivity index (χ1n) is 13.3. The molecule has 1 aliphatic heterocycles. The second kappa shape index (κ2) is 14.4. The van der Waals surface area contributed by atoms with Gasteiger partial charge in [0.05, 0.1) is 17.1 Å². The SMILES string of the molecule is C/C=C\C(=N/CC)c1ccc(-c2cccc(C(/C=N\CC)=C/C)c2)nc1CC(=N)CC1CCCNC1. The molecule has 1 fully saturated rings. The first kappa shape index (κ1) is 27.4. The standard InChI is InChI=1S/C31H41N5/c1-5-11-30(35-8-4)28-15-16-29(26-14-9-13-25(19-26)24(6-2)22-33-7-3)36-31(28)20-27(32)18-23-12-10-17-34-21-23/h5-6,9,11,13-16,19,22-23,32,34H,7-8,10,12,17-18,20-21H2,1-4H3/b11-5-,24-6+,32-27?,33-22-,35-30+. The number of nitrogens with one attached hydrogen (secondary N) is 2. The number of pyridine rings is 1. The summed E-state index contributed by atoms with van der Waals surface area (Å²) in [7, 11) is 0. The Morgan fingerprint density at radius 3 is 2.72 bits per heavy atom. The van der Waals surface area contributed by atoms with Gasteiger partial charge in [0, 0.05) is 42.6 Å². The average molecular weight is 484 g/mol. The number of aromatic nitrogens is 1. The van der Waals surface area contributed by atoms with Gasteiger partial charge in [-0.1, -0.05) is 30.4 Å². The van der Waals surface area contributed by atoms with E-state index in [2.05, 4.69) is 59.7 Å². The predicted octanol–water partition coefficient (Wildman–Crippen LogP) is 6.58. The van der Waals surface area contributed by atoms with E-state index >= 15 is 0 Å². The maximum atomic E-state index is 8.81. The lowest BCUT2D eigenvalue weighted by molar-refractivity contribution is 0.386. The van der Waals surface area contributed by atoms with Crippen LogP contribution in [0.5, 0.6) is 0 Å². The Labute approximate surface area is 217 Å². The summed E-state index contributed by atoms with van der Waals surface area (Å²) in [5.41, 5.74) is 7.83. The highest BCUT2D eigenvalue weighted by atomic mass is 14.9. The molecule has 2 N–H and O–H groups in total. The third kappa shape index (κ3) is 7.66. The van der Waals surface area contributed by atoms with Crippen LogP contribution in [0.25, 0.3) is 16.8 Å². The molecule has 1 saturated heterocycles. The summed E-state index contributed by atoms with van der Waals surface area (Å²) >= 11 is 0. The minimum atomic E-state index is 0.540. The van der Waals surface area contributed by atoms with Crippen molar-refractivity contribution in [3.8, 4) is 11.3 Å². The lowest BCUT2D eigenvalue weighted by atomic mass is 9.91. The molecule has 0 bridgehead atoms. The van der Waals surface area contributed by atoms with Gasteiger partial charge in [0.2, 0.25) is 0 Å². The fourth-order valence-corrected chi connectivity index (χ4v) is 4.67. The molecule has 0 amide bonds. The Morgan fingerprint density at radius 2 is 2.03 bits per heavy atom. The molecule has 1 aromatic carbocycles. The topological polar surface area (TPSA) is 73.5 Å². The molecule has 2 aromatic rings. The molecular weight excluding hydrogens is 442 g/mol. The molecular formula is C31H41N5. The van der Waals surface area contributed by atoms with Gasteiger partial charge in [-0.25, -0.2) is 0 Å². The van der Waals surface area contributed by atoms with Crippen LogP contribution < -0.4 is 5.32 Å². The second-order valence-electron chi connectivity index (χ2n) is 9.20. The van der Waals surface area contributed by atoms with Crippen LogP contribution in [0.2, 0.25) is 0 Å². The number of rotatable bonds is 11. The summed E-state index contributed by atoms with van der Waals surface area (Å²) in [6.45, 7) is 11.7. The van der Waals surface area contributed by atoms with Gasteiger partial charge in [-0.2, -0.15) is 0 Å². The van der Waals surface area contributed by atoms with Gasteiger partial charge in [-0.05, 0) is 101 Å². The van der Waals surface area contributed by atoms with Gasteiger partial charge in [-0.15, -0.1) is 0 Å². The van der Waals surface area contributed by atoms with E-state index in [1.165, 1.54) is 12.8 Å². The van der Waals surface area contributed by atoms with Crippen molar-refractivity contribution in [3.63, 3.8) is 0 Å². The monoisotopic (exact) mass is 483 g/mol. The Hall–Kier alpha value is -3.18. The van der Waals surface area contributed by atoms with Crippen LogP contribution in [-0.2, 0) is 6.42 Å². The molecule has 3 rings (SSSR count). The molecule has 190 valence electrons. The zero-order chi connectivity index (χ0) is 25.8. The maximum Gasteiger partial charge on any atom is 0.0706 e. The second-order valence-corrected chi connectivity index (χ2v) is 9.20. The maximum absolute atomic E-state index is 8.81. The van der Waals surface area contributed by atoms with Crippen molar-refractivity contribution in [1.29, 1.82) is 5.41 Å². The van der Waals surface area contributed by atoms with Gasteiger partial charge in [-0.3, -0.25) is 15.0 Å². The van der Waals surface area contributed by atoms with Crippen LogP contribution in [0.3, 0.4) is 0 Å². The number of aliphatic imine (C=N–C) groups is 2. The fourth-order valence-electron chi connectivity index (χ4n) is 4.67. The van der Waals surface area contributed by atoms with Gasteiger partial charge >= 0.3 is 0 Å². The van der Waals surface area contributed by atoms with Crippen molar-refractivity contribution in [1.82, 2.24) is 10.3 Å². The smallest absolute Gasteiger partial charge is 0.0706 e. The Kier molecular flexibility index (Phi) is 11.0. The molecule has 1 aliphatic rings. The van der Waals surface area contributed by atoms with Crippen LogP contribution in [0.1, 0.15) is 63.8 Å². The highest BCUT2D eigenvalue weighted by molar-refractivity contribution is 6.11. The van der Waals surface area contributed by atoms with Crippen LogP contribution >= 0.6 is 0 Å². The summed E-state index contributed by atoms with van der Waals surface area (Å²) in [5.74, 6) is 0.540. The van der Waals surface area contributed by atoms with Crippen molar-refractivity contribution in [2.24, 2.45) is 15.9 Å². The number of hydrogen-bond donors (Lipinski definition) is 2. The number of hydrogen-bond acceptors (Lipinski definition) is 5. The van der Waals surface area contributed by atoms with Crippen LogP contribution in [0.15, 0.2) is 64.6 Å². The summed E-state index contributed by atoms with van der Waals surface area (Å²) < 4.78 is 0. The zero-order valence-electron chi connectivity index (χ0n) is 22.3. The molecule has 0 radical (unpaired) electrons. The highest BCUT2D eigenvalue weighted by Gasteiger charge is 2.18. The summed E-state index contributed by atoms with van der Waals surface area (Å²) in [6.07, 6.45) is 11.8. The van der Waals surface area contributed by atoms with Crippen LogP contribution in [0.4, 0.5) is 0 Å². The number of benzene rings is 1. The van der Waals surface area contributed by atoms with E-state index in [0.717, 1.165) is 71.1 Å². The summed E-state index contributed by atoms with van der Waals surface area (Å²) in [4.78, 5) is 14.3. The van der Waals surface area contributed by atoms with Gasteiger partial charge < -0.3 is 10.7 Å². The summed E-state index contributed by atoms with van der Waals surface area (Å²) in [5, 5.41) is 12.3. The number of nitrogens with zero attached hydrogens (tertiary/aromatic N) is 3. The lowest BCUT2D eigenvalue weighted by Gasteiger charge is -2.23. The average Bonchev–Trinajstić information content (AvgIpc) is 2.90. The molecule has 5 nitrogen and oxygen atoms in total. The van der Waals surface area contributed by atoms with E-state index in [0.29, 0.717) is 18.9 Å². The summed E-state index contributed by atoms with van der Waals surface area (Å²) in [6, 6.07) is 12.7. The molecule has 0 spiro atoms. The van der Waals surface area contributed by atoms with Crippen molar-refractivity contribution in [3.05, 3.63) is 71.4 Å². The van der Waals surface area contributed by atoms with Gasteiger partial charge in [0.1, 0.15) is 0 Å². The van der Waals surface area contributed by atoms with Gasteiger partial charge in [0.15, 0.2) is 0 Å². The molecule has 5 heteroatoms. The number of piperidine rings is 1. The molecule has 1 unspecified atom stereocenters. The Bertz CT molecular complexity index is 1130. The largest absolute Gasteiger partial charge is 0.316 e. The molecule has 1 aromatic heterocycles. The van der Waals surface area contributed by atoms with Crippen LogP contribution in [-0.4, -0.2) is 48.8 Å². The highest BCUT2D eigenvalue weighted by Crippen LogP contribution is 2.25. The normalized spacial score (nSPS) is 17.3. The molecule has 1 atom stereocenters. The third-order valence-electron chi connectivity index (χ3n) is 6.43. The van der Waals surface area contributed by atoms with Crippen molar-refractivity contribution >= 4 is 23.2 Å². The first-order valence-corrected chi connectivity index (χ1v) is 13.3. The fraction of sp³-hybridized carbons (Fsp3) is 0.419. The Balaban J connectivity index is 1.98. The molecule has 0 aliphatic carbocycles. The predicted molar refractivity (Wildman–Crippen MR) is 156 cm³/mol. The minimum absolute atomic E-state index is 0.540. The van der Waals surface area contributed by atoms with E-state index < -0.39 is 0 Å². The van der Waals surface area contributed by atoms with Crippen LogP contribution in [0, 0.1) is 11.3 Å². The molecule has 2 heterocycles.